The molecule has 2 aromatic rings. The summed E-state index contributed by atoms with van der Waals surface area (Å²) in [6, 6.07) is 3.64. The second-order valence-corrected chi connectivity index (χ2v) is 7.59. The van der Waals surface area contributed by atoms with E-state index in [1.807, 2.05) is 19.9 Å². The number of hydrogen-bond acceptors (Lipinski definition) is 4. The third-order valence-electron chi connectivity index (χ3n) is 5.11. The Kier molecular flexibility index (Phi) is 5.30. The minimum absolute atomic E-state index is 0.0127. The molecule has 2 aromatic heterocycles. The van der Waals surface area contributed by atoms with Crippen LogP contribution in [0.15, 0.2) is 22.8 Å². The number of aromatic nitrogens is 2. The Hall–Kier alpha value is -2.37. The van der Waals surface area contributed by atoms with Crippen molar-refractivity contribution in [3.63, 3.8) is 0 Å². The number of amides is 1. The van der Waals surface area contributed by atoms with Gasteiger partial charge in [0, 0.05) is 18.7 Å². The summed E-state index contributed by atoms with van der Waals surface area (Å²) in [5, 5.41) is 4.48. The standard InChI is InChI=1S/C20H27N3O3/c1-13(2)7-8-18-14(3)21-23(15(18)4)20(25)16-10-19(24)22(11-16)12-17-6-5-9-26-17/h5-6,9,13,16H,7-8,10-12H2,1-4H3. The summed E-state index contributed by atoms with van der Waals surface area (Å²) in [6.07, 6.45) is 3.82. The average Bonchev–Trinajstić information content (AvgIpc) is 3.28. The lowest BCUT2D eigenvalue weighted by Gasteiger charge is -2.15. The Balaban J connectivity index is 1.71. The molecule has 26 heavy (non-hydrogen) atoms. The van der Waals surface area contributed by atoms with E-state index in [2.05, 4.69) is 18.9 Å². The summed E-state index contributed by atoms with van der Waals surface area (Å²) < 4.78 is 6.83. The lowest BCUT2D eigenvalue weighted by molar-refractivity contribution is -0.128. The van der Waals surface area contributed by atoms with Crippen LogP contribution in [0.25, 0.3) is 0 Å². The van der Waals surface area contributed by atoms with Crippen LogP contribution in [0.5, 0.6) is 0 Å². The lowest BCUT2D eigenvalue weighted by Crippen LogP contribution is -2.28. The van der Waals surface area contributed by atoms with Crippen LogP contribution in [0.1, 0.15) is 54.2 Å². The molecule has 0 bridgehead atoms. The van der Waals surface area contributed by atoms with Crippen molar-refractivity contribution in [3.8, 4) is 0 Å². The predicted octanol–water partition coefficient (Wildman–Crippen LogP) is 3.37. The molecule has 1 unspecified atom stereocenters. The molecule has 1 saturated heterocycles. The first-order valence-electron chi connectivity index (χ1n) is 9.26. The van der Waals surface area contributed by atoms with Gasteiger partial charge in [-0.15, -0.1) is 0 Å². The molecule has 6 heteroatoms. The molecule has 1 atom stereocenters. The largest absolute Gasteiger partial charge is 0.467 e. The maximum Gasteiger partial charge on any atom is 0.252 e. The predicted molar refractivity (Wildman–Crippen MR) is 97.7 cm³/mol. The average molecular weight is 357 g/mol. The van der Waals surface area contributed by atoms with E-state index in [9.17, 15) is 9.59 Å². The molecule has 3 rings (SSSR count). The van der Waals surface area contributed by atoms with E-state index in [0.29, 0.717) is 19.0 Å². The summed E-state index contributed by atoms with van der Waals surface area (Å²) in [5.41, 5.74) is 2.97. The van der Waals surface area contributed by atoms with E-state index in [1.54, 1.807) is 17.2 Å². The quantitative estimate of drug-likeness (QED) is 0.795. The maximum absolute atomic E-state index is 13.0. The van der Waals surface area contributed by atoms with Crippen LogP contribution in [0, 0.1) is 25.7 Å². The SMILES string of the molecule is Cc1nn(C(=O)C2CC(=O)N(Cc3ccco3)C2)c(C)c1CCC(C)C. The highest BCUT2D eigenvalue weighted by Gasteiger charge is 2.36. The minimum atomic E-state index is -0.353. The summed E-state index contributed by atoms with van der Waals surface area (Å²) in [7, 11) is 0. The lowest BCUT2D eigenvalue weighted by atomic mass is 10.0. The monoisotopic (exact) mass is 357 g/mol. The van der Waals surface area contributed by atoms with Crippen molar-refractivity contribution in [1.82, 2.24) is 14.7 Å². The molecule has 0 spiro atoms. The normalized spacial score (nSPS) is 17.5. The van der Waals surface area contributed by atoms with Crippen molar-refractivity contribution >= 4 is 11.8 Å². The van der Waals surface area contributed by atoms with Crippen LogP contribution in [-0.2, 0) is 17.8 Å². The molecular weight excluding hydrogens is 330 g/mol. The van der Waals surface area contributed by atoms with Crippen LogP contribution in [0.4, 0.5) is 0 Å². The van der Waals surface area contributed by atoms with Crippen LogP contribution in [0.3, 0.4) is 0 Å². The van der Waals surface area contributed by atoms with E-state index in [-0.39, 0.29) is 24.2 Å². The molecule has 140 valence electrons. The molecular formula is C20H27N3O3. The minimum Gasteiger partial charge on any atom is -0.467 e. The van der Waals surface area contributed by atoms with Crippen LogP contribution in [-0.4, -0.2) is 33.0 Å². The Morgan fingerprint density at radius 3 is 2.81 bits per heavy atom. The van der Waals surface area contributed by atoms with Crippen molar-refractivity contribution in [2.45, 2.75) is 53.5 Å². The molecule has 0 saturated carbocycles. The van der Waals surface area contributed by atoms with Crippen molar-refractivity contribution in [1.29, 1.82) is 0 Å². The van der Waals surface area contributed by atoms with Gasteiger partial charge in [0.15, 0.2) is 0 Å². The van der Waals surface area contributed by atoms with Crippen molar-refractivity contribution < 1.29 is 14.0 Å². The Bertz CT molecular complexity index is 790. The van der Waals surface area contributed by atoms with Gasteiger partial charge in [-0.1, -0.05) is 13.8 Å². The summed E-state index contributed by atoms with van der Waals surface area (Å²) >= 11 is 0. The van der Waals surface area contributed by atoms with Gasteiger partial charge in [-0.05, 0) is 50.3 Å². The molecule has 6 nitrogen and oxygen atoms in total. The van der Waals surface area contributed by atoms with Gasteiger partial charge in [0.1, 0.15) is 5.76 Å². The fourth-order valence-corrected chi connectivity index (χ4v) is 3.54. The maximum atomic E-state index is 13.0. The molecule has 1 aliphatic heterocycles. The molecule has 1 amide bonds. The van der Waals surface area contributed by atoms with Gasteiger partial charge in [0.25, 0.3) is 5.91 Å². The number of nitrogens with zero attached hydrogens (tertiary/aromatic N) is 3. The zero-order valence-electron chi connectivity index (χ0n) is 16.0. The zero-order chi connectivity index (χ0) is 18.8. The second-order valence-electron chi connectivity index (χ2n) is 7.59. The second kappa shape index (κ2) is 7.48. The van der Waals surface area contributed by atoms with E-state index < -0.39 is 0 Å². The molecule has 1 fully saturated rings. The first-order chi connectivity index (χ1) is 12.4. The Morgan fingerprint density at radius 2 is 2.15 bits per heavy atom. The highest BCUT2D eigenvalue weighted by atomic mass is 16.3. The number of carbonyl (C=O) groups is 2. The molecule has 1 aliphatic rings. The molecule has 0 N–H and O–H groups in total. The van der Waals surface area contributed by atoms with Gasteiger partial charge in [-0.25, -0.2) is 4.68 Å². The highest BCUT2D eigenvalue weighted by Crippen LogP contribution is 2.24. The Morgan fingerprint density at radius 1 is 1.38 bits per heavy atom. The van der Waals surface area contributed by atoms with Crippen LogP contribution < -0.4 is 0 Å². The topological polar surface area (TPSA) is 68.3 Å². The number of aryl methyl sites for hydroxylation is 1. The van der Waals surface area contributed by atoms with Crippen molar-refractivity contribution in [3.05, 3.63) is 41.1 Å². The first-order valence-corrected chi connectivity index (χ1v) is 9.26. The third-order valence-corrected chi connectivity index (χ3v) is 5.11. The van der Waals surface area contributed by atoms with Gasteiger partial charge >= 0.3 is 0 Å². The van der Waals surface area contributed by atoms with Crippen molar-refractivity contribution in [2.75, 3.05) is 6.54 Å². The number of hydrogen-bond donors (Lipinski definition) is 0. The van der Waals surface area contributed by atoms with E-state index >= 15 is 0 Å². The molecule has 3 heterocycles. The summed E-state index contributed by atoms with van der Waals surface area (Å²) in [4.78, 5) is 26.9. The van der Waals surface area contributed by atoms with Gasteiger partial charge < -0.3 is 9.32 Å². The van der Waals surface area contributed by atoms with E-state index in [1.165, 1.54) is 4.68 Å². The number of likely N-dealkylation sites (tertiary alicyclic amines) is 1. The van der Waals surface area contributed by atoms with Gasteiger partial charge in [0.05, 0.1) is 24.4 Å². The van der Waals surface area contributed by atoms with Crippen LogP contribution in [0.2, 0.25) is 0 Å². The van der Waals surface area contributed by atoms with E-state index in [0.717, 1.165) is 35.6 Å². The molecule has 0 radical (unpaired) electrons. The number of rotatable bonds is 6. The van der Waals surface area contributed by atoms with E-state index in [4.69, 9.17) is 4.42 Å². The van der Waals surface area contributed by atoms with Crippen LogP contribution >= 0.6 is 0 Å². The first kappa shape index (κ1) is 18.4. The number of furan rings is 1. The fourth-order valence-electron chi connectivity index (χ4n) is 3.54. The fraction of sp³-hybridized carbons (Fsp3) is 0.550. The van der Waals surface area contributed by atoms with Gasteiger partial charge in [-0.2, -0.15) is 5.10 Å². The van der Waals surface area contributed by atoms with Crippen molar-refractivity contribution in [2.24, 2.45) is 11.8 Å². The molecule has 0 aliphatic carbocycles. The smallest absolute Gasteiger partial charge is 0.252 e. The van der Waals surface area contributed by atoms with Gasteiger partial charge in [0.2, 0.25) is 5.91 Å². The van der Waals surface area contributed by atoms with Gasteiger partial charge in [-0.3, -0.25) is 9.59 Å². The highest BCUT2D eigenvalue weighted by molar-refractivity contribution is 5.90. The zero-order valence-corrected chi connectivity index (χ0v) is 16.0. The summed E-state index contributed by atoms with van der Waals surface area (Å²) in [6.45, 7) is 9.11. The third kappa shape index (κ3) is 3.74. The number of carbonyl (C=O) groups excluding carboxylic acids is 2. The molecule has 0 aromatic carbocycles. The summed E-state index contributed by atoms with van der Waals surface area (Å²) in [5.74, 6) is 0.885. The Labute approximate surface area is 154 Å².